The zero-order chi connectivity index (χ0) is 12.3. The Morgan fingerprint density at radius 2 is 2.12 bits per heavy atom. The number of hydrogen-bond donors (Lipinski definition) is 1. The summed E-state index contributed by atoms with van der Waals surface area (Å²) in [6.07, 6.45) is 3.46. The van der Waals surface area contributed by atoms with Gasteiger partial charge in [0, 0.05) is 23.5 Å². The van der Waals surface area contributed by atoms with Crippen LogP contribution in [-0.2, 0) is 0 Å². The number of likely N-dealkylation sites (N-methyl/N-ethyl adjacent to an activating group) is 1. The van der Waals surface area contributed by atoms with E-state index in [9.17, 15) is 0 Å². The lowest BCUT2D eigenvalue weighted by molar-refractivity contribution is 0.261. The number of fused-ring (bicyclic) bond motifs is 1. The van der Waals surface area contributed by atoms with Gasteiger partial charge in [0.15, 0.2) is 0 Å². The van der Waals surface area contributed by atoms with Crippen molar-refractivity contribution in [3.05, 3.63) is 30.6 Å². The van der Waals surface area contributed by atoms with Crippen molar-refractivity contribution in [2.75, 3.05) is 33.0 Å². The van der Waals surface area contributed by atoms with Crippen LogP contribution in [0.2, 0.25) is 0 Å². The molecule has 4 nitrogen and oxygen atoms in total. The third-order valence-electron chi connectivity index (χ3n) is 2.57. The summed E-state index contributed by atoms with van der Waals surface area (Å²) in [6.45, 7) is 1.56. The number of aromatic nitrogens is 1. The third kappa shape index (κ3) is 2.85. The maximum atomic E-state index is 5.88. The van der Waals surface area contributed by atoms with Crippen LogP contribution in [0.1, 0.15) is 0 Å². The van der Waals surface area contributed by atoms with Gasteiger partial charge in [-0.1, -0.05) is 0 Å². The van der Waals surface area contributed by atoms with Gasteiger partial charge in [-0.2, -0.15) is 0 Å². The van der Waals surface area contributed by atoms with E-state index in [4.69, 9.17) is 10.5 Å². The molecule has 0 fully saturated rings. The molecule has 0 unspecified atom stereocenters. The van der Waals surface area contributed by atoms with E-state index in [1.807, 2.05) is 32.3 Å². The third-order valence-corrected chi connectivity index (χ3v) is 2.57. The molecule has 1 heterocycles. The minimum absolute atomic E-state index is 0.670. The van der Waals surface area contributed by atoms with E-state index < -0.39 is 0 Å². The Balaban J connectivity index is 2.17. The second kappa shape index (κ2) is 5.01. The summed E-state index contributed by atoms with van der Waals surface area (Å²) in [7, 11) is 4.04. The fourth-order valence-electron chi connectivity index (χ4n) is 1.60. The summed E-state index contributed by atoms with van der Waals surface area (Å²) < 4.78 is 5.66. The standard InChI is InChI=1S/C13H17N3O/c1-16(2)5-6-17-11-4-3-10-8-15-9-13(14)12(10)7-11/h3-4,7-9H,5-6,14H2,1-2H3. The molecule has 1 aromatic carbocycles. The van der Waals surface area contributed by atoms with Crippen LogP contribution < -0.4 is 10.5 Å². The number of anilines is 1. The average molecular weight is 231 g/mol. The fraction of sp³-hybridized carbons (Fsp3) is 0.308. The minimum atomic E-state index is 0.670. The summed E-state index contributed by atoms with van der Waals surface area (Å²) in [5, 5.41) is 2.02. The Kier molecular flexibility index (Phi) is 3.44. The van der Waals surface area contributed by atoms with Gasteiger partial charge in [-0.25, -0.2) is 0 Å². The minimum Gasteiger partial charge on any atom is -0.492 e. The number of benzene rings is 1. The molecule has 2 aromatic rings. The Labute approximate surface area is 101 Å². The highest BCUT2D eigenvalue weighted by molar-refractivity contribution is 5.92. The first-order valence-electron chi connectivity index (χ1n) is 5.57. The predicted molar refractivity (Wildman–Crippen MR) is 70.2 cm³/mol. The molecule has 0 aliphatic heterocycles. The number of nitrogen functional groups attached to an aromatic ring is 1. The molecule has 2 rings (SSSR count). The van der Waals surface area contributed by atoms with Gasteiger partial charge >= 0.3 is 0 Å². The molecule has 0 saturated carbocycles. The lowest BCUT2D eigenvalue weighted by atomic mass is 10.1. The summed E-state index contributed by atoms with van der Waals surface area (Å²) in [6, 6.07) is 5.88. The Hall–Kier alpha value is -1.81. The maximum absolute atomic E-state index is 5.88. The van der Waals surface area contributed by atoms with Crippen molar-refractivity contribution in [3.8, 4) is 5.75 Å². The first-order chi connectivity index (χ1) is 8.16. The van der Waals surface area contributed by atoms with Gasteiger partial charge in [0.25, 0.3) is 0 Å². The molecule has 0 radical (unpaired) electrons. The van der Waals surface area contributed by atoms with Crippen LogP contribution in [0, 0.1) is 0 Å². The molecule has 1 aromatic heterocycles. The second-order valence-electron chi connectivity index (χ2n) is 4.26. The first kappa shape index (κ1) is 11.7. The number of nitrogens with two attached hydrogens (primary N) is 1. The zero-order valence-corrected chi connectivity index (χ0v) is 10.2. The molecule has 0 bridgehead atoms. The first-order valence-corrected chi connectivity index (χ1v) is 5.57. The van der Waals surface area contributed by atoms with Gasteiger partial charge in [-0.05, 0) is 32.3 Å². The van der Waals surface area contributed by atoms with E-state index in [2.05, 4.69) is 9.88 Å². The molecular formula is C13H17N3O. The van der Waals surface area contributed by atoms with E-state index in [-0.39, 0.29) is 0 Å². The Morgan fingerprint density at radius 3 is 2.88 bits per heavy atom. The molecule has 2 N–H and O–H groups in total. The number of pyridine rings is 1. The fourth-order valence-corrected chi connectivity index (χ4v) is 1.60. The van der Waals surface area contributed by atoms with E-state index in [0.717, 1.165) is 23.1 Å². The summed E-state index contributed by atoms with van der Waals surface area (Å²) in [5.74, 6) is 0.845. The van der Waals surface area contributed by atoms with Crippen molar-refractivity contribution >= 4 is 16.5 Å². The second-order valence-corrected chi connectivity index (χ2v) is 4.26. The number of ether oxygens (including phenoxy) is 1. The molecule has 90 valence electrons. The van der Waals surface area contributed by atoms with Crippen LogP contribution in [-0.4, -0.2) is 37.1 Å². The number of rotatable bonds is 4. The normalized spacial score (nSPS) is 11.0. The highest BCUT2D eigenvalue weighted by Gasteiger charge is 2.01. The van der Waals surface area contributed by atoms with E-state index in [0.29, 0.717) is 12.3 Å². The summed E-state index contributed by atoms with van der Waals surface area (Å²) in [5.41, 5.74) is 6.56. The number of nitrogens with zero attached hydrogens (tertiary/aromatic N) is 2. The molecule has 0 saturated heterocycles. The lowest BCUT2D eigenvalue weighted by Crippen LogP contribution is -2.19. The molecule has 0 atom stereocenters. The van der Waals surface area contributed by atoms with Crippen LogP contribution in [0.4, 0.5) is 5.69 Å². The van der Waals surface area contributed by atoms with Crippen molar-refractivity contribution in [3.63, 3.8) is 0 Å². The van der Waals surface area contributed by atoms with E-state index >= 15 is 0 Å². The van der Waals surface area contributed by atoms with Crippen molar-refractivity contribution in [2.24, 2.45) is 0 Å². The molecule has 0 spiro atoms. The van der Waals surface area contributed by atoms with Crippen LogP contribution in [0.3, 0.4) is 0 Å². The predicted octanol–water partition coefficient (Wildman–Crippen LogP) is 1.76. The molecular weight excluding hydrogens is 214 g/mol. The highest BCUT2D eigenvalue weighted by atomic mass is 16.5. The van der Waals surface area contributed by atoms with Crippen LogP contribution >= 0.6 is 0 Å². The van der Waals surface area contributed by atoms with Crippen molar-refractivity contribution < 1.29 is 4.74 Å². The van der Waals surface area contributed by atoms with Crippen molar-refractivity contribution in [1.82, 2.24) is 9.88 Å². The van der Waals surface area contributed by atoms with Crippen molar-refractivity contribution in [2.45, 2.75) is 0 Å². The van der Waals surface area contributed by atoms with Crippen LogP contribution in [0.15, 0.2) is 30.6 Å². The van der Waals surface area contributed by atoms with Gasteiger partial charge in [-0.15, -0.1) is 0 Å². The monoisotopic (exact) mass is 231 g/mol. The summed E-state index contributed by atoms with van der Waals surface area (Å²) >= 11 is 0. The van der Waals surface area contributed by atoms with Gasteiger partial charge in [0.05, 0.1) is 11.9 Å². The van der Waals surface area contributed by atoms with Gasteiger partial charge < -0.3 is 15.4 Å². The highest BCUT2D eigenvalue weighted by Crippen LogP contribution is 2.24. The lowest BCUT2D eigenvalue weighted by Gasteiger charge is -2.11. The smallest absolute Gasteiger partial charge is 0.120 e. The van der Waals surface area contributed by atoms with Gasteiger partial charge in [0.2, 0.25) is 0 Å². The molecule has 0 aliphatic carbocycles. The summed E-state index contributed by atoms with van der Waals surface area (Å²) in [4.78, 5) is 6.14. The zero-order valence-electron chi connectivity index (χ0n) is 10.2. The van der Waals surface area contributed by atoms with Crippen LogP contribution in [0.25, 0.3) is 10.8 Å². The largest absolute Gasteiger partial charge is 0.492 e. The molecule has 4 heteroatoms. The van der Waals surface area contributed by atoms with Crippen LogP contribution in [0.5, 0.6) is 5.75 Å². The SMILES string of the molecule is CN(C)CCOc1ccc2cncc(N)c2c1. The average Bonchev–Trinajstić information content (AvgIpc) is 2.30. The van der Waals surface area contributed by atoms with E-state index in [1.54, 1.807) is 12.4 Å². The molecule has 0 aliphatic rings. The molecule has 17 heavy (non-hydrogen) atoms. The maximum Gasteiger partial charge on any atom is 0.120 e. The van der Waals surface area contributed by atoms with Gasteiger partial charge in [0.1, 0.15) is 12.4 Å². The van der Waals surface area contributed by atoms with Gasteiger partial charge in [-0.3, -0.25) is 4.98 Å². The molecule has 0 amide bonds. The topological polar surface area (TPSA) is 51.4 Å². The quantitative estimate of drug-likeness (QED) is 0.871. The van der Waals surface area contributed by atoms with E-state index in [1.165, 1.54) is 0 Å². The Bertz CT molecular complexity index is 511. The Morgan fingerprint density at radius 1 is 1.29 bits per heavy atom. The van der Waals surface area contributed by atoms with Crippen molar-refractivity contribution in [1.29, 1.82) is 0 Å². The number of hydrogen-bond acceptors (Lipinski definition) is 4.